The van der Waals surface area contributed by atoms with E-state index in [0.29, 0.717) is 48.1 Å². The van der Waals surface area contributed by atoms with Gasteiger partial charge in [0.2, 0.25) is 0 Å². The molecule has 4 aromatic rings. The Morgan fingerprint density at radius 3 is 2.76 bits per heavy atom. The number of methoxy groups -OCH3 is 1. The molecule has 0 aliphatic carbocycles. The summed E-state index contributed by atoms with van der Waals surface area (Å²) in [6, 6.07) is 10.6. The number of rotatable bonds is 8. The van der Waals surface area contributed by atoms with Crippen molar-refractivity contribution >= 4 is 27.5 Å². The zero-order valence-electron chi connectivity index (χ0n) is 26.1. The van der Waals surface area contributed by atoms with Gasteiger partial charge in [-0.3, -0.25) is 9.88 Å². The molecule has 9 nitrogen and oxygen atoms in total. The van der Waals surface area contributed by atoms with Crippen LogP contribution in [0.5, 0.6) is 11.8 Å². The predicted molar refractivity (Wildman–Crippen MR) is 172 cm³/mol. The van der Waals surface area contributed by atoms with Crippen molar-refractivity contribution < 1.29 is 19.0 Å². The topological polar surface area (TPSA) is 95.9 Å². The van der Waals surface area contributed by atoms with Crippen molar-refractivity contribution in [1.82, 2.24) is 25.2 Å². The fourth-order valence-electron chi connectivity index (χ4n) is 8.64. The number of benzene rings is 2. The molecular weight excluding hydrogens is 571 g/mol. The lowest BCUT2D eigenvalue weighted by Gasteiger charge is -2.35. The largest absolute Gasteiger partial charge is 0.508 e. The Bertz CT molecular complexity index is 1760. The van der Waals surface area contributed by atoms with Crippen LogP contribution in [0.4, 0.5) is 10.2 Å². The van der Waals surface area contributed by atoms with Crippen LogP contribution in [0.25, 0.3) is 32.9 Å². The van der Waals surface area contributed by atoms with Crippen molar-refractivity contribution in [3.05, 3.63) is 47.9 Å². The van der Waals surface area contributed by atoms with Crippen LogP contribution in [0.1, 0.15) is 51.0 Å². The second kappa shape index (κ2) is 11.3. The van der Waals surface area contributed by atoms with E-state index in [9.17, 15) is 5.11 Å². The number of fused-ring (bicyclic) bond motifs is 5. The van der Waals surface area contributed by atoms with Crippen molar-refractivity contribution in [1.29, 1.82) is 0 Å². The third-order valence-corrected chi connectivity index (χ3v) is 10.7. The van der Waals surface area contributed by atoms with Gasteiger partial charge in [-0.25, -0.2) is 4.39 Å². The molecule has 0 radical (unpaired) electrons. The first-order valence-corrected chi connectivity index (χ1v) is 16.5. The van der Waals surface area contributed by atoms with E-state index in [4.69, 9.17) is 24.4 Å². The lowest BCUT2D eigenvalue weighted by Crippen LogP contribution is -2.51. The summed E-state index contributed by atoms with van der Waals surface area (Å²) in [5, 5.41) is 16.6. The molecule has 2 aromatic carbocycles. The number of ether oxygens (including phenoxy) is 2. The molecule has 2 aromatic heterocycles. The quantitative estimate of drug-likeness (QED) is 0.278. The van der Waals surface area contributed by atoms with Gasteiger partial charge in [0, 0.05) is 50.1 Å². The van der Waals surface area contributed by atoms with E-state index in [2.05, 4.69) is 22.0 Å². The molecule has 4 fully saturated rings. The van der Waals surface area contributed by atoms with Crippen molar-refractivity contribution in [2.24, 2.45) is 0 Å². The van der Waals surface area contributed by atoms with Gasteiger partial charge in [0.15, 0.2) is 5.82 Å². The zero-order chi connectivity index (χ0) is 30.7. The van der Waals surface area contributed by atoms with Crippen LogP contribution in [-0.4, -0.2) is 88.6 Å². The summed E-state index contributed by atoms with van der Waals surface area (Å²) in [5.41, 5.74) is 1.91. The summed E-state index contributed by atoms with van der Waals surface area (Å²) in [5.74, 6) is 0.212. The molecule has 2 bridgehead atoms. The number of pyridine rings is 1. The number of hydrogen-bond acceptors (Lipinski definition) is 9. The summed E-state index contributed by atoms with van der Waals surface area (Å²) >= 11 is 0. The number of nitrogens with one attached hydrogen (secondary N) is 1. The molecule has 4 atom stereocenters. The maximum absolute atomic E-state index is 16.9. The SMILES string of the molecule is CCc1cccc2cc(O)cc(-c3ncc4c(N5CC6CCC(C5)N6)nc(OCC56CCCN5C(COC)CC6)nc4c3F)c12. The molecule has 236 valence electrons. The molecule has 2 N–H and O–H groups in total. The van der Waals surface area contributed by atoms with Crippen LogP contribution in [0.15, 0.2) is 36.5 Å². The molecule has 0 saturated carbocycles. The van der Waals surface area contributed by atoms with E-state index in [1.165, 1.54) is 0 Å². The van der Waals surface area contributed by atoms with Crippen LogP contribution in [0.2, 0.25) is 0 Å². The smallest absolute Gasteiger partial charge is 0.319 e. The molecule has 6 heterocycles. The van der Waals surface area contributed by atoms with Crippen molar-refractivity contribution in [2.45, 2.75) is 75.5 Å². The standard InChI is InChI=1S/C35H41FN6O3/c1-3-21-6-4-7-22-14-26(43)15-27(29(21)22)31-30(36)32-28(16-37-31)33(41-17-23-8-9-24(18-41)38-23)40-34(39-32)45-20-35-11-5-13-42(35)25(10-12-35)19-44-2/h4,6-7,14-16,23-25,38,43H,3,5,8-13,17-20H2,1-2H3. The third kappa shape index (κ3) is 4.89. The van der Waals surface area contributed by atoms with Gasteiger partial charge in [0.05, 0.1) is 17.5 Å². The number of hydrogen-bond donors (Lipinski definition) is 2. The summed E-state index contributed by atoms with van der Waals surface area (Å²) < 4.78 is 28.9. The summed E-state index contributed by atoms with van der Waals surface area (Å²) in [6.07, 6.45) is 9.00. The maximum atomic E-state index is 16.9. The van der Waals surface area contributed by atoms with E-state index >= 15 is 4.39 Å². The van der Waals surface area contributed by atoms with E-state index < -0.39 is 5.82 Å². The van der Waals surface area contributed by atoms with E-state index in [-0.39, 0.29) is 28.5 Å². The van der Waals surface area contributed by atoms with E-state index in [1.807, 2.05) is 18.2 Å². The molecule has 10 heteroatoms. The maximum Gasteiger partial charge on any atom is 0.319 e. The van der Waals surface area contributed by atoms with E-state index in [0.717, 1.165) is 80.9 Å². The van der Waals surface area contributed by atoms with Crippen LogP contribution < -0.4 is 15.0 Å². The molecule has 0 spiro atoms. The van der Waals surface area contributed by atoms with Gasteiger partial charge in [-0.15, -0.1) is 0 Å². The highest BCUT2D eigenvalue weighted by Gasteiger charge is 2.49. The normalized spacial score (nSPS) is 26.3. The Balaban J connectivity index is 1.23. The number of phenolic OH excluding ortho intramolecular Hbond substituents is 1. The van der Waals surface area contributed by atoms with Crippen LogP contribution >= 0.6 is 0 Å². The number of phenols is 1. The Hall–Kier alpha value is -3.60. The van der Waals surface area contributed by atoms with E-state index in [1.54, 1.807) is 25.4 Å². The van der Waals surface area contributed by atoms with Crippen molar-refractivity contribution in [2.75, 3.05) is 44.9 Å². The summed E-state index contributed by atoms with van der Waals surface area (Å²) in [4.78, 5) is 19.2. The number of aromatic hydroxyl groups is 1. The first kappa shape index (κ1) is 28.8. The summed E-state index contributed by atoms with van der Waals surface area (Å²) in [7, 11) is 1.76. The molecule has 4 aliphatic rings. The number of aromatic nitrogens is 3. The van der Waals surface area contributed by atoms with Gasteiger partial charge >= 0.3 is 6.01 Å². The number of piperazine rings is 1. The molecular formula is C35H41FN6O3. The number of anilines is 1. The molecule has 4 aliphatic heterocycles. The minimum atomic E-state index is -0.529. The first-order valence-electron chi connectivity index (χ1n) is 16.5. The van der Waals surface area contributed by atoms with Gasteiger partial charge in [0.25, 0.3) is 0 Å². The van der Waals surface area contributed by atoms with Gasteiger partial charge < -0.3 is 24.8 Å². The minimum absolute atomic E-state index is 0.0689. The average molecular weight is 613 g/mol. The molecule has 4 saturated heterocycles. The van der Waals surface area contributed by atoms with Gasteiger partial charge in [-0.1, -0.05) is 25.1 Å². The lowest BCUT2D eigenvalue weighted by molar-refractivity contribution is 0.0521. The summed E-state index contributed by atoms with van der Waals surface area (Å²) in [6.45, 7) is 5.87. The fraction of sp³-hybridized carbons (Fsp3) is 0.514. The predicted octanol–water partition coefficient (Wildman–Crippen LogP) is 5.21. The highest BCUT2D eigenvalue weighted by atomic mass is 19.1. The second-order valence-corrected chi connectivity index (χ2v) is 13.4. The minimum Gasteiger partial charge on any atom is -0.508 e. The second-order valence-electron chi connectivity index (χ2n) is 13.4. The average Bonchev–Trinajstić information content (AvgIpc) is 3.72. The monoisotopic (exact) mass is 612 g/mol. The number of aryl methyl sites for hydroxylation is 1. The lowest BCUT2D eigenvalue weighted by atomic mass is 9.95. The van der Waals surface area contributed by atoms with Gasteiger partial charge in [-0.2, -0.15) is 9.97 Å². The zero-order valence-corrected chi connectivity index (χ0v) is 26.1. The highest BCUT2D eigenvalue weighted by Crippen LogP contribution is 2.43. The van der Waals surface area contributed by atoms with Crippen LogP contribution in [-0.2, 0) is 11.2 Å². The van der Waals surface area contributed by atoms with Gasteiger partial charge in [-0.05, 0) is 80.0 Å². The van der Waals surface area contributed by atoms with Crippen LogP contribution in [0, 0.1) is 5.82 Å². The fourth-order valence-corrected chi connectivity index (χ4v) is 8.64. The Kier molecular flexibility index (Phi) is 7.26. The van der Waals surface area contributed by atoms with Gasteiger partial charge in [0.1, 0.15) is 29.4 Å². The Labute approximate surface area is 262 Å². The van der Waals surface area contributed by atoms with Crippen molar-refractivity contribution in [3.63, 3.8) is 0 Å². The highest BCUT2D eigenvalue weighted by molar-refractivity contribution is 6.01. The Morgan fingerprint density at radius 1 is 1.11 bits per heavy atom. The first-order chi connectivity index (χ1) is 22.0. The Morgan fingerprint density at radius 2 is 1.96 bits per heavy atom. The molecule has 0 amide bonds. The third-order valence-electron chi connectivity index (χ3n) is 10.7. The molecule has 4 unspecified atom stereocenters. The number of halogens is 1. The molecule has 45 heavy (non-hydrogen) atoms. The van der Waals surface area contributed by atoms with Crippen molar-refractivity contribution in [3.8, 4) is 23.0 Å². The number of nitrogens with zero attached hydrogens (tertiary/aromatic N) is 5. The molecule has 8 rings (SSSR count). The van der Waals surface area contributed by atoms with Crippen LogP contribution in [0.3, 0.4) is 0 Å².